The van der Waals surface area contributed by atoms with E-state index in [4.69, 9.17) is 10.5 Å². The third-order valence-corrected chi connectivity index (χ3v) is 9.64. The van der Waals surface area contributed by atoms with Gasteiger partial charge < -0.3 is 15.8 Å². The number of carbonyl (C=O) groups excluding carboxylic acids is 1. The summed E-state index contributed by atoms with van der Waals surface area (Å²) in [4.78, 5) is 16.8. The molecule has 4 rings (SSSR count). The van der Waals surface area contributed by atoms with Crippen molar-refractivity contribution in [2.24, 2.45) is 5.73 Å². The number of piperazine rings is 1. The van der Waals surface area contributed by atoms with Crippen molar-refractivity contribution in [1.82, 2.24) is 15.1 Å². The smallest absolute Gasteiger partial charge is 0.233 e. The van der Waals surface area contributed by atoms with E-state index in [2.05, 4.69) is 22.0 Å². The van der Waals surface area contributed by atoms with Crippen molar-refractivity contribution in [2.45, 2.75) is 67.3 Å². The number of ether oxygens (including phenoxy) is 1. The number of amides is 1. The van der Waals surface area contributed by atoms with Crippen molar-refractivity contribution in [2.75, 3.05) is 45.9 Å². The largest absolute Gasteiger partial charge is 0.493 e. The lowest BCUT2D eigenvalue weighted by atomic mass is 9.93. The number of hydrogen-bond acceptors (Lipinski definition) is 7. The number of nitrogens with zero attached hydrogens (tertiary/aromatic N) is 2. The molecular formula is C29H42N4O4S. The van der Waals surface area contributed by atoms with Gasteiger partial charge in [-0.2, -0.15) is 0 Å². The standard InChI is InChI=1S/C29H42N4O4S/c1-23(32-16-18-33(19-17-32)25-7-3-2-4-8-25)24-11-13-27(14-12-24)38(35,36)28-10-5-9-26(21-28)37-20-6-15-31-29(34)22-30/h5,9-14,21,23,25H,2-4,6-8,15-20,22,30H2,1H3,(H,31,34)/t23-/m0/s1. The molecule has 38 heavy (non-hydrogen) atoms. The lowest BCUT2D eigenvalue weighted by Gasteiger charge is -2.42. The molecule has 1 aliphatic carbocycles. The van der Waals surface area contributed by atoms with Gasteiger partial charge in [0, 0.05) is 44.8 Å². The number of hydrogen-bond donors (Lipinski definition) is 2. The van der Waals surface area contributed by atoms with Crippen LogP contribution < -0.4 is 15.8 Å². The van der Waals surface area contributed by atoms with Crippen LogP contribution in [-0.2, 0) is 14.6 Å². The Morgan fingerprint density at radius 3 is 2.42 bits per heavy atom. The van der Waals surface area contributed by atoms with Crippen LogP contribution in [0.1, 0.15) is 57.1 Å². The molecule has 1 saturated carbocycles. The van der Waals surface area contributed by atoms with Crippen molar-refractivity contribution in [3.05, 3.63) is 54.1 Å². The van der Waals surface area contributed by atoms with Crippen LogP contribution in [0.15, 0.2) is 58.3 Å². The van der Waals surface area contributed by atoms with Gasteiger partial charge in [0.25, 0.3) is 0 Å². The molecule has 0 unspecified atom stereocenters. The number of sulfone groups is 1. The van der Waals surface area contributed by atoms with Crippen molar-refractivity contribution in [3.8, 4) is 5.75 Å². The van der Waals surface area contributed by atoms with Crippen molar-refractivity contribution < 1.29 is 17.9 Å². The molecule has 0 aromatic heterocycles. The first-order chi connectivity index (χ1) is 18.4. The third-order valence-electron chi connectivity index (χ3n) is 7.87. The zero-order chi connectivity index (χ0) is 27.0. The van der Waals surface area contributed by atoms with E-state index in [0.717, 1.165) is 37.8 Å². The molecule has 2 aliphatic rings. The van der Waals surface area contributed by atoms with E-state index < -0.39 is 9.84 Å². The summed E-state index contributed by atoms with van der Waals surface area (Å²) in [6, 6.07) is 14.9. The van der Waals surface area contributed by atoms with Gasteiger partial charge in [-0.1, -0.05) is 37.5 Å². The van der Waals surface area contributed by atoms with Gasteiger partial charge in [-0.25, -0.2) is 8.42 Å². The van der Waals surface area contributed by atoms with E-state index in [1.54, 1.807) is 36.4 Å². The highest BCUT2D eigenvalue weighted by atomic mass is 32.2. The summed E-state index contributed by atoms with van der Waals surface area (Å²) in [7, 11) is -3.67. The summed E-state index contributed by atoms with van der Waals surface area (Å²) < 4.78 is 32.3. The molecular weight excluding hydrogens is 500 g/mol. The number of rotatable bonds is 11. The Bertz CT molecular complexity index is 1140. The van der Waals surface area contributed by atoms with Crippen LogP contribution in [0.4, 0.5) is 0 Å². The summed E-state index contributed by atoms with van der Waals surface area (Å²) in [5.41, 5.74) is 6.40. The molecule has 1 atom stereocenters. The van der Waals surface area contributed by atoms with Gasteiger partial charge in [0.1, 0.15) is 5.75 Å². The van der Waals surface area contributed by atoms with Crippen LogP contribution in [-0.4, -0.2) is 76.0 Å². The SMILES string of the molecule is C[C@@H](c1ccc(S(=O)(=O)c2cccc(OCCCNC(=O)CN)c2)cc1)N1CCN(C2CCCCC2)CC1. The fraction of sp³-hybridized carbons (Fsp3) is 0.552. The van der Waals surface area contributed by atoms with Crippen molar-refractivity contribution in [1.29, 1.82) is 0 Å². The average molecular weight is 543 g/mol. The second kappa shape index (κ2) is 13.6. The molecule has 2 aromatic rings. The van der Waals surface area contributed by atoms with Crippen molar-refractivity contribution in [3.63, 3.8) is 0 Å². The van der Waals surface area contributed by atoms with Gasteiger partial charge >= 0.3 is 0 Å². The van der Waals surface area contributed by atoms with E-state index in [1.807, 2.05) is 12.1 Å². The predicted octanol–water partition coefficient (Wildman–Crippen LogP) is 3.37. The number of nitrogens with one attached hydrogen (secondary N) is 1. The van der Waals surface area contributed by atoms with E-state index in [9.17, 15) is 13.2 Å². The number of benzene rings is 2. The predicted molar refractivity (Wildman–Crippen MR) is 149 cm³/mol. The first kappa shape index (κ1) is 28.5. The van der Waals surface area contributed by atoms with Gasteiger partial charge in [-0.3, -0.25) is 14.6 Å². The van der Waals surface area contributed by atoms with E-state index in [1.165, 1.54) is 32.1 Å². The summed E-state index contributed by atoms with van der Waals surface area (Å²) in [5.74, 6) is 0.268. The van der Waals surface area contributed by atoms with Crippen LogP contribution >= 0.6 is 0 Å². The summed E-state index contributed by atoms with van der Waals surface area (Å²) in [6.45, 7) is 7.29. The first-order valence-corrected chi connectivity index (χ1v) is 15.4. The van der Waals surface area contributed by atoms with Crippen LogP contribution in [0, 0.1) is 0 Å². The van der Waals surface area contributed by atoms with Gasteiger partial charge in [0.05, 0.1) is 22.9 Å². The minimum absolute atomic E-state index is 0.0436. The minimum atomic E-state index is -3.67. The highest BCUT2D eigenvalue weighted by Gasteiger charge is 2.27. The molecule has 0 radical (unpaired) electrons. The highest BCUT2D eigenvalue weighted by Crippen LogP contribution is 2.29. The van der Waals surface area contributed by atoms with Crippen LogP contribution in [0.3, 0.4) is 0 Å². The third kappa shape index (κ3) is 7.34. The van der Waals surface area contributed by atoms with E-state index in [0.29, 0.717) is 25.3 Å². The molecule has 3 N–H and O–H groups in total. The second-order valence-corrected chi connectivity index (χ2v) is 12.3. The maximum absolute atomic E-state index is 13.3. The van der Waals surface area contributed by atoms with Gasteiger partial charge in [-0.05, 0) is 62.1 Å². The molecule has 8 nitrogen and oxygen atoms in total. The van der Waals surface area contributed by atoms with Crippen LogP contribution in [0.25, 0.3) is 0 Å². The van der Waals surface area contributed by atoms with E-state index >= 15 is 0 Å². The number of carbonyl (C=O) groups is 1. The first-order valence-electron chi connectivity index (χ1n) is 13.9. The van der Waals surface area contributed by atoms with Crippen LogP contribution in [0.5, 0.6) is 5.75 Å². The normalized spacial score (nSPS) is 18.7. The summed E-state index contributed by atoms with van der Waals surface area (Å²) in [6.07, 6.45) is 7.40. The molecule has 1 saturated heterocycles. The second-order valence-electron chi connectivity index (χ2n) is 10.3. The van der Waals surface area contributed by atoms with Crippen LogP contribution in [0.2, 0.25) is 0 Å². The van der Waals surface area contributed by atoms with Gasteiger partial charge in [0.2, 0.25) is 15.7 Å². The molecule has 2 aromatic carbocycles. The van der Waals surface area contributed by atoms with Gasteiger partial charge in [-0.15, -0.1) is 0 Å². The fourth-order valence-corrected chi connectivity index (χ4v) is 6.80. The maximum atomic E-state index is 13.3. The molecule has 1 heterocycles. The molecule has 0 spiro atoms. The maximum Gasteiger partial charge on any atom is 0.233 e. The Balaban J connectivity index is 1.32. The average Bonchev–Trinajstić information content (AvgIpc) is 2.97. The quantitative estimate of drug-likeness (QED) is 0.420. The van der Waals surface area contributed by atoms with Gasteiger partial charge in [0.15, 0.2) is 0 Å². The molecule has 2 fully saturated rings. The topological polar surface area (TPSA) is 105 Å². The molecule has 1 aliphatic heterocycles. The molecule has 208 valence electrons. The van der Waals surface area contributed by atoms with E-state index in [-0.39, 0.29) is 28.3 Å². The lowest BCUT2D eigenvalue weighted by molar-refractivity contribution is -0.119. The Hall–Kier alpha value is -2.46. The Morgan fingerprint density at radius 2 is 1.74 bits per heavy atom. The van der Waals surface area contributed by atoms with Crippen molar-refractivity contribution >= 4 is 15.7 Å². The zero-order valence-corrected chi connectivity index (χ0v) is 23.3. The Labute approximate surface area is 227 Å². The Kier molecular flexibility index (Phi) is 10.2. The zero-order valence-electron chi connectivity index (χ0n) is 22.5. The molecule has 0 bridgehead atoms. The highest BCUT2D eigenvalue weighted by molar-refractivity contribution is 7.91. The fourth-order valence-electron chi connectivity index (χ4n) is 5.50. The summed E-state index contributed by atoms with van der Waals surface area (Å²) in [5, 5.41) is 2.68. The molecule has 1 amide bonds. The monoisotopic (exact) mass is 542 g/mol. The number of nitrogens with two attached hydrogens (primary N) is 1. The summed E-state index contributed by atoms with van der Waals surface area (Å²) >= 11 is 0. The molecule has 9 heteroatoms. The lowest BCUT2D eigenvalue weighted by Crippen LogP contribution is -2.51. The Morgan fingerprint density at radius 1 is 1.03 bits per heavy atom. The minimum Gasteiger partial charge on any atom is -0.493 e.